The number of halogens is 1. The lowest BCUT2D eigenvalue weighted by Gasteiger charge is -2.32. The predicted octanol–water partition coefficient (Wildman–Crippen LogP) is 3.34. The number of nitrogens with zero attached hydrogens (tertiary/aromatic N) is 1. The minimum Gasteiger partial charge on any atom is -0.329 e. The highest BCUT2D eigenvalue weighted by Crippen LogP contribution is 2.34. The highest BCUT2D eigenvalue weighted by Gasteiger charge is 2.33. The van der Waals surface area contributed by atoms with Gasteiger partial charge in [0.25, 0.3) is 0 Å². The van der Waals surface area contributed by atoms with E-state index in [-0.39, 0.29) is 11.9 Å². The maximum atomic E-state index is 13.0. The Balaban J connectivity index is 2.10. The molecule has 2 rings (SSSR count). The standard InChI is InChI=1S/C16H25FN2/c1-12(2)9-10-19(15-7-8-15)16(11-18)13-3-5-14(17)6-4-13/h3-6,12,15-16H,7-11,18H2,1-2H3. The molecule has 19 heavy (non-hydrogen) atoms. The van der Waals surface area contributed by atoms with E-state index in [1.807, 2.05) is 12.1 Å². The van der Waals surface area contributed by atoms with Gasteiger partial charge in [-0.1, -0.05) is 26.0 Å². The van der Waals surface area contributed by atoms with Crippen molar-refractivity contribution in [2.75, 3.05) is 13.1 Å². The molecule has 1 fully saturated rings. The first kappa shape index (κ1) is 14.5. The Morgan fingerprint density at radius 1 is 1.26 bits per heavy atom. The normalized spacial score (nSPS) is 17.2. The van der Waals surface area contributed by atoms with Gasteiger partial charge in [0.1, 0.15) is 5.82 Å². The van der Waals surface area contributed by atoms with Crippen LogP contribution in [0.2, 0.25) is 0 Å². The fourth-order valence-corrected chi connectivity index (χ4v) is 2.55. The van der Waals surface area contributed by atoms with E-state index >= 15 is 0 Å². The number of rotatable bonds is 7. The second-order valence-corrected chi connectivity index (χ2v) is 5.95. The van der Waals surface area contributed by atoms with E-state index in [0.29, 0.717) is 18.5 Å². The van der Waals surface area contributed by atoms with Crippen LogP contribution >= 0.6 is 0 Å². The molecule has 0 spiro atoms. The molecule has 2 N–H and O–H groups in total. The van der Waals surface area contributed by atoms with Crippen LogP contribution in [0.4, 0.5) is 4.39 Å². The number of nitrogens with two attached hydrogens (primary N) is 1. The van der Waals surface area contributed by atoms with Crippen molar-refractivity contribution in [2.45, 2.75) is 45.2 Å². The third-order valence-corrected chi connectivity index (χ3v) is 3.86. The maximum Gasteiger partial charge on any atom is 0.123 e. The van der Waals surface area contributed by atoms with Gasteiger partial charge < -0.3 is 5.73 Å². The molecule has 0 radical (unpaired) electrons. The van der Waals surface area contributed by atoms with Gasteiger partial charge in [-0.05, 0) is 49.4 Å². The van der Waals surface area contributed by atoms with Crippen molar-refractivity contribution in [1.82, 2.24) is 4.90 Å². The van der Waals surface area contributed by atoms with Gasteiger partial charge in [-0.25, -0.2) is 4.39 Å². The minimum absolute atomic E-state index is 0.181. The van der Waals surface area contributed by atoms with Gasteiger partial charge >= 0.3 is 0 Å². The monoisotopic (exact) mass is 264 g/mol. The zero-order chi connectivity index (χ0) is 13.8. The molecule has 1 saturated carbocycles. The second-order valence-electron chi connectivity index (χ2n) is 5.95. The highest BCUT2D eigenvalue weighted by atomic mass is 19.1. The molecule has 0 heterocycles. The van der Waals surface area contributed by atoms with Crippen LogP contribution in [-0.4, -0.2) is 24.0 Å². The van der Waals surface area contributed by atoms with Crippen LogP contribution in [0.25, 0.3) is 0 Å². The molecule has 0 saturated heterocycles. The summed E-state index contributed by atoms with van der Waals surface area (Å²) in [6, 6.07) is 7.72. The lowest BCUT2D eigenvalue weighted by molar-refractivity contribution is 0.180. The lowest BCUT2D eigenvalue weighted by Crippen LogP contribution is -2.36. The number of benzene rings is 1. The van der Waals surface area contributed by atoms with E-state index in [1.165, 1.54) is 31.4 Å². The van der Waals surface area contributed by atoms with Crippen molar-refractivity contribution in [2.24, 2.45) is 11.7 Å². The quantitative estimate of drug-likeness (QED) is 0.818. The van der Waals surface area contributed by atoms with Gasteiger partial charge in [0.15, 0.2) is 0 Å². The molecule has 0 aliphatic heterocycles. The molecule has 0 aromatic heterocycles. The summed E-state index contributed by atoms with van der Waals surface area (Å²) < 4.78 is 13.0. The Labute approximate surface area is 115 Å². The molecule has 3 heteroatoms. The number of hydrogen-bond donors (Lipinski definition) is 1. The van der Waals surface area contributed by atoms with E-state index in [2.05, 4.69) is 18.7 Å². The smallest absolute Gasteiger partial charge is 0.123 e. The number of hydrogen-bond acceptors (Lipinski definition) is 2. The third-order valence-electron chi connectivity index (χ3n) is 3.86. The van der Waals surface area contributed by atoms with Gasteiger partial charge in [-0.2, -0.15) is 0 Å². The summed E-state index contributed by atoms with van der Waals surface area (Å²) in [5.74, 6) is 0.521. The van der Waals surface area contributed by atoms with E-state index in [4.69, 9.17) is 5.73 Å². The molecular weight excluding hydrogens is 239 g/mol. The van der Waals surface area contributed by atoms with Crippen molar-refractivity contribution < 1.29 is 4.39 Å². The Hall–Kier alpha value is -0.930. The Bertz CT molecular complexity index is 384. The first-order valence-electron chi connectivity index (χ1n) is 7.33. The average molecular weight is 264 g/mol. The summed E-state index contributed by atoms with van der Waals surface area (Å²) >= 11 is 0. The van der Waals surface area contributed by atoms with Crippen LogP contribution in [0.5, 0.6) is 0 Å². The molecule has 2 nitrogen and oxygen atoms in total. The van der Waals surface area contributed by atoms with Crippen LogP contribution in [-0.2, 0) is 0 Å². The molecule has 1 aliphatic rings. The summed E-state index contributed by atoms with van der Waals surface area (Å²) in [4.78, 5) is 2.52. The van der Waals surface area contributed by atoms with Crippen molar-refractivity contribution in [1.29, 1.82) is 0 Å². The van der Waals surface area contributed by atoms with Crippen molar-refractivity contribution in [3.63, 3.8) is 0 Å². The first-order valence-corrected chi connectivity index (χ1v) is 7.33. The summed E-state index contributed by atoms with van der Waals surface area (Å²) in [6.45, 7) is 6.18. The van der Waals surface area contributed by atoms with Crippen LogP contribution in [0.3, 0.4) is 0 Å². The molecule has 1 atom stereocenters. The molecule has 106 valence electrons. The summed E-state index contributed by atoms with van der Waals surface area (Å²) in [5, 5.41) is 0. The van der Waals surface area contributed by atoms with Crippen LogP contribution in [0.1, 0.15) is 44.7 Å². The van der Waals surface area contributed by atoms with Crippen LogP contribution in [0.15, 0.2) is 24.3 Å². The largest absolute Gasteiger partial charge is 0.329 e. The Kier molecular flexibility index (Phi) is 4.94. The summed E-state index contributed by atoms with van der Waals surface area (Å²) in [7, 11) is 0. The first-order chi connectivity index (χ1) is 9.11. The van der Waals surface area contributed by atoms with E-state index in [9.17, 15) is 4.39 Å². The molecular formula is C16H25FN2. The molecule has 1 aromatic rings. The molecule has 0 amide bonds. The van der Waals surface area contributed by atoms with Gasteiger partial charge in [0, 0.05) is 18.6 Å². The second kappa shape index (κ2) is 6.49. The van der Waals surface area contributed by atoms with Crippen molar-refractivity contribution >= 4 is 0 Å². The zero-order valence-electron chi connectivity index (χ0n) is 12.0. The third kappa shape index (κ3) is 4.02. The Morgan fingerprint density at radius 2 is 1.89 bits per heavy atom. The van der Waals surface area contributed by atoms with E-state index < -0.39 is 0 Å². The van der Waals surface area contributed by atoms with E-state index in [1.54, 1.807) is 0 Å². The Morgan fingerprint density at radius 3 is 2.37 bits per heavy atom. The molecule has 1 aromatic carbocycles. The lowest BCUT2D eigenvalue weighted by atomic mass is 10.0. The van der Waals surface area contributed by atoms with Crippen LogP contribution in [0, 0.1) is 11.7 Å². The van der Waals surface area contributed by atoms with Crippen molar-refractivity contribution in [3.8, 4) is 0 Å². The van der Waals surface area contributed by atoms with Crippen molar-refractivity contribution in [3.05, 3.63) is 35.6 Å². The fraction of sp³-hybridized carbons (Fsp3) is 0.625. The minimum atomic E-state index is -0.181. The fourth-order valence-electron chi connectivity index (χ4n) is 2.55. The summed E-state index contributed by atoms with van der Waals surface area (Å²) in [5.41, 5.74) is 7.12. The van der Waals surface area contributed by atoms with Gasteiger partial charge in [-0.15, -0.1) is 0 Å². The summed E-state index contributed by atoms with van der Waals surface area (Å²) in [6.07, 6.45) is 3.74. The van der Waals surface area contributed by atoms with Gasteiger partial charge in [0.05, 0.1) is 0 Å². The highest BCUT2D eigenvalue weighted by molar-refractivity contribution is 5.21. The maximum absolute atomic E-state index is 13.0. The van der Waals surface area contributed by atoms with E-state index in [0.717, 1.165) is 12.1 Å². The topological polar surface area (TPSA) is 29.3 Å². The van der Waals surface area contributed by atoms with Gasteiger partial charge in [-0.3, -0.25) is 4.90 Å². The zero-order valence-corrected chi connectivity index (χ0v) is 12.0. The average Bonchev–Trinajstić information content (AvgIpc) is 3.20. The molecule has 1 unspecified atom stereocenters. The molecule has 1 aliphatic carbocycles. The molecule has 0 bridgehead atoms. The SMILES string of the molecule is CC(C)CCN(C1CC1)C(CN)c1ccc(F)cc1. The van der Waals surface area contributed by atoms with Gasteiger partial charge in [0.2, 0.25) is 0 Å². The predicted molar refractivity (Wildman–Crippen MR) is 77.4 cm³/mol. The van der Waals surface area contributed by atoms with Crippen LogP contribution < -0.4 is 5.73 Å².